The number of piperazine rings is 1. The number of anilines is 1. The molecule has 27 heavy (non-hydrogen) atoms. The second-order valence-electron chi connectivity index (χ2n) is 6.41. The Morgan fingerprint density at radius 1 is 1.15 bits per heavy atom. The van der Waals surface area contributed by atoms with Gasteiger partial charge in [0.1, 0.15) is 5.75 Å². The molecule has 1 saturated heterocycles. The summed E-state index contributed by atoms with van der Waals surface area (Å²) in [7, 11) is 0. The second-order valence-corrected chi connectivity index (χ2v) is 7.72. The molecule has 0 spiro atoms. The van der Waals surface area contributed by atoms with Crippen LogP contribution >= 0.6 is 23.6 Å². The van der Waals surface area contributed by atoms with Crippen LogP contribution in [0.2, 0.25) is 0 Å². The molecule has 0 unspecified atom stereocenters. The minimum Gasteiger partial charge on any atom is -0.492 e. The van der Waals surface area contributed by atoms with Crippen molar-refractivity contribution in [1.29, 1.82) is 0 Å². The van der Waals surface area contributed by atoms with E-state index in [9.17, 15) is 0 Å². The second kappa shape index (κ2) is 8.24. The van der Waals surface area contributed by atoms with Crippen LogP contribution in [0.15, 0.2) is 41.8 Å². The van der Waals surface area contributed by atoms with Crippen molar-refractivity contribution in [3.8, 4) is 16.5 Å². The Hall–Kier alpha value is -2.16. The molecule has 1 N–H and O–H groups in total. The lowest BCUT2D eigenvalue weighted by Crippen LogP contribution is -2.47. The van der Waals surface area contributed by atoms with Crippen LogP contribution in [0.5, 0.6) is 5.75 Å². The summed E-state index contributed by atoms with van der Waals surface area (Å²) in [6, 6.07) is 12.3. The van der Waals surface area contributed by atoms with Crippen LogP contribution in [0, 0.1) is 4.77 Å². The fourth-order valence-electron chi connectivity index (χ4n) is 3.30. The van der Waals surface area contributed by atoms with Crippen LogP contribution in [0.25, 0.3) is 10.7 Å². The van der Waals surface area contributed by atoms with E-state index in [2.05, 4.69) is 38.1 Å². The molecule has 0 saturated carbocycles. The van der Waals surface area contributed by atoms with Gasteiger partial charge in [0.05, 0.1) is 23.8 Å². The Morgan fingerprint density at radius 2 is 1.96 bits per heavy atom. The van der Waals surface area contributed by atoms with Gasteiger partial charge in [-0.15, -0.1) is 11.3 Å². The number of aromatic nitrogens is 3. The molecule has 1 aliphatic rings. The number of ether oxygens (including phenoxy) is 1. The van der Waals surface area contributed by atoms with Gasteiger partial charge in [0.15, 0.2) is 5.82 Å². The lowest BCUT2D eigenvalue weighted by Gasteiger charge is -2.36. The van der Waals surface area contributed by atoms with Gasteiger partial charge in [0.2, 0.25) is 4.77 Å². The largest absolute Gasteiger partial charge is 0.492 e. The van der Waals surface area contributed by atoms with Crippen molar-refractivity contribution in [2.24, 2.45) is 0 Å². The van der Waals surface area contributed by atoms with Crippen LogP contribution in [0.1, 0.15) is 6.92 Å². The maximum absolute atomic E-state index is 5.78. The first-order valence-electron chi connectivity index (χ1n) is 9.14. The van der Waals surface area contributed by atoms with Crippen molar-refractivity contribution in [3.63, 3.8) is 0 Å². The molecule has 0 amide bonds. The number of hydrogen-bond acceptors (Lipinski definition) is 6. The van der Waals surface area contributed by atoms with Crippen molar-refractivity contribution in [3.05, 3.63) is 46.5 Å². The molecule has 2 aromatic heterocycles. The zero-order valence-corrected chi connectivity index (χ0v) is 16.9. The molecule has 0 bridgehead atoms. The Balaban J connectivity index is 1.40. The number of nitrogens with one attached hydrogen (secondary N) is 1. The molecule has 1 aliphatic heterocycles. The standard InChI is InChI=1S/C19H23N5OS2/c1-2-25-16-7-4-3-6-15(16)23-11-9-22(10-12-23)14-24-19(26)20-18(21-24)17-8-5-13-27-17/h3-8,13H,2,9-12,14H2,1H3,(H,20,21,26). The summed E-state index contributed by atoms with van der Waals surface area (Å²) in [6.07, 6.45) is 0. The van der Waals surface area contributed by atoms with Crippen molar-refractivity contribution in [1.82, 2.24) is 19.7 Å². The van der Waals surface area contributed by atoms with Crippen LogP contribution in [-0.2, 0) is 6.67 Å². The molecule has 3 heterocycles. The van der Waals surface area contributed by atoms with Crippen LogP contribution < -0.4 is 9.64 Å². The average Bonchev–Trinajstić information content (AvgIpc) is 3.34. The molecule has 1 fully saturated rings. The third kappa shape index (κ3) is 4.07. The number of para-hydroxylation sites is 2. The van der Waals surface area contributed by atoms with Crippen molar-refractivity contribution in [2.75, 3.05) is 37.7 Å². The van der Waals surface area contributed by atoms with E-state index in [4.69, 9.17) is 17.0 Å². The maximum Gasteiger partial charge on any atom is 0.217 e. The number of benzene rings is 1. The van der Waals surface area contributed by atoms with Gasteiger partial charge in [0, 0.05) is 26.2 Å². The summed E-state index contributed by atoms with van der Waals surface area (Å²) in [6.45, 7) is 7.30. The molecular weight excluding hydrogens is 378 g/mol. The number of hydrogen-bond donors (Lipinski definition) is 1. The topological polar surface area (TPSA) is 49.3 Å². The minimum absolute atomic E-state index is 0.600. The number of H-pyrrole nitrogens is 1. The van der Waals surface area contributed by atoms with Gasteiger partial charge in [-0.1, -0.05) is 18.2 Å². The van der Waals surface area contributed by atoms with Crippen LogP contribution in [0.3, 0.4) is 0 Å². The highest BCUT2D eigenvalue weighted by atomic mass is 32.1. The molecular formula is C19H23N5OS2. The molecule has 0 radical (unpaired) electrons. The lowest BCUT2D eigenvalue weighted by atomic mass is 10.2. The highest BCUT2D eigenvalue weighted by Crippen LogP contribution is 2.29. The summed E-state index contributed by atoms with van der Waals surface area (Å²) in [5, 5.41) is 5.38. The van der Waals surface area contributed by atoms with Gasteiger partial charge in [0.25, 0.3) is 0 Å². The summed E-state index contributed by atoms with van der Waals surface area (Å²) in [5.74, 6) is 1.81. The Morgan fingerprint density at radius 3 is 2.70 bits per heavy atom. The van der Waals surface area contributed by atoms with Crippen molar-refractivity contribution in [2.45, 2.75) is 13.6 Å². The smallest absolute Gasteiger partial charge is 0.217 e. The number of thiophene rings is 1. The normalized spacial score (nSPS) is 15.2. The van der Waals surface area contributed by atoms with Gasteiger partial charge in [-0.3, -0.25) is 10.00 Å². The van der Waals surface area contributed by atoms with Crippen molar-refractivity contribution < 1.29 is 4.74 Å². The van der Waals surface area contributed by atoms with Gasteiger partial charge in [-0.25, -0.2) is 4.68 Å². The summed E-state index contributed by atoms with van der Waals surface area (Å²) in [4.78, 5) is 10.4. The molecule has 8 heteroatoms. The highest BCUT2D eigenvalue weighted by Gasteiger charge is 2.20. The number of nitrogens with zero attached hydrogens (tertiary/aromatic N) is 4. The van der Waals surface area contributed by atoms with Gasteiger partial charge >= 0.3 is 0 Å². The third-order valence-electron chi connectivity index (χ3n) is 4.65. The molecule has 6 nitrogen and oxygen atoms in total. The number of rotatable bonds is 6. The molecule has 0 atom stereocenters. The first-order chi connectivity index (χ1) is 13.2. The average molecular weight is 402 g/mol. The van der Waals surface area contributed by atoms with E-state index in [0.717, 1.165) is 49.3 Å². The third-order valence-corrected chi connectivity index (χ3v) is 5.84. The van der Waals surface area contributed by atoms with E-state index < -0.39 is 0 Å². The maximum atomic E-state index is 5.78. The first-order valence-corrected chi connectivity index (χ1v) is 10.4. The Labute approximate surface area is 168 Å². The van der Waals surface area contributed by atoms with Gasteiger partial charge in [-0.05, 0) is 42.7 Å². The molecule has 4 rings (SSSR count). The van der Waals surface area contributed by atoms with Gasteiger partial charge in [-0.2, -0.15) is 4.98 Å². The zero-order valence-electron chi connectivity index (χ0n) is 15.3. The van der Waals surface area contributed by atoms with Crippen LogP contribution in [-0.4, -0.2) is 52.5 Å². The summed E-state index contributed by atoms with van der Waals surface area (Å²) in [5.41, 5.74) is 1.18. The predicted octanol–water partition coefficient (Wildman–Crippen LogP) is 3.85. The first kappa shape index (κ1) is 18.2. The van der Waals surface area contributed by atoms with E-state index >= 15 is 0 Å². The zero-order chi connectivity index (χ0) is 18.6. The Bertz CT molecular complexity index is 926. The van der Waals surface area contributed by atoms with E-state index in [0.29, 0.717) is 11.4 Å². The lowest BCUT2D eigenvalue weighted by molar-refractivity contribution is 0.194. The van der Waals surface area contributed by atoms with E-state index in [1.807, 2.05) is 35.2 Å². The SMILES string of the molecule is CCOc1ccccc1N1CCN(Cn2[nH]c(-c3cccs3)nc2=S)CC1. The van der Waals surface area contributed by atoms with Crippen LogP contribution in [0.4, 0.5) is 5.69 Å². The Kier molecular flexibility index (Phi) is 5.56. The quantitative estimate of drug-likeness (QED) is 0.636. The minimum atomic E-state index is 0.600. The highest BCUT2D eigenvalue weighted by molar-refractivity contribution is 7.71. The molecule has 1 aromatic carbocycles. The van der Waals surface area contributed by atoms with E-state index in [1.165, 1.54) is 5.69 Å². The van der Waals surface area contributed by atoms with E-state index in [-0.39, 0.29) is 0 Å². The molecule has 0 aliphatic carbocycles. The summed E-state index contributed by atoms with van der Waals surface area (Å²) < 4.78 is 8.33. The predicted molar refractivity (Wildman–Crippen MR) is 112 cm³/mol. The fourth-order valence-corrected chi connectivity index (χ4v) is 4.16. The summed E-state index contributed by atoms with van der Waals surface area (Å²) >= 11 is 7.09. The van der Waals surface area contributed by atoms with E-state index in [1.54, 1.807) is 11.3 Å². The molecule has 3 aromatic rings. The fraction of sp³-hybridized carbons (Fsp3) is 0.368. The van der Waals surface area contributed by atoms with Gasteiger partial charge < -0.3 is 9.64 Å². The number of aromatic amines is 1. The molecule has 142 valence electrons. The van der Waals surface area contributed by atoms with Crippen molar-refractivity contribution >= 4 is 29.2 Å². The monoisotopic (exact) mass is 401 g/mol.